The molecule has 0 atom stereocenters. The summed E-state index contributed by atoms with van der Waals surface area (Å²) in [6.45, 7) is 3.48. The number of aryl methyl sites for hydroxylation is 1. The molecule has 0 N–H and O–H groups in total. The molecule has 2 rings (SSSR count). The lowest BCUT2D eigenvalue weighted by Gasteiger charge is -2.03. The van der Waals surface area contributed by atoms with Crippen molar-refractivity contribution in [2.45, 2.75) is 13.5 Å². The molecule has 0 spiro atoms. The van der Waals surface area contributed by atoms with Crippen LogP contribution in [0.3, 0.4) is 0 Å². The van der Waals surface area contributed by atoms with Gasteiger partial charge in [-0.3, -0.25) is 0 Å². The van der Waals surface area contributed by atoms with E-state index in [1.54, 1.807) is 0 Å². The zero-order valence-corrected chi connectivity index (χ0v) is 8.66. The lowest BCUT2D eigenvalue weighted by Crippen LogP contribution is -1.98. The van der Waals surface area contributed by atoms with E-state index >= 15 is 0 Å². The van der Waals surface area contributed by atoms with Gasteiger partial charge in [0.15, 0.2) is 0 Å². The number of ether oxygens (including phenoxy) is 1. The SMILES string of the molecule is CCOCc1cc2ccccc2n1C. The van der Waals surface area contributed by atoms with Crippen molar-refractivity contribution < 1.29 is 4.74 Å². The first-order chi connectivity index (χ1) is 6.83. The van der Waals surface area contributed by atoms with Crippen molar-refractivity contribution >= 4 is 10.9 Å². The number of aromatic nitrogens is 1. The minimum absolute atomic E-state index is 0.696. The van der Waals surface area contributed by atoms with Gasteiger partial charge in [-0.15, -0.1) is 0 Å². The maximum Gasteiger partial charge on any atom is 0.0867 e. The van der Waals surface area contributed by atoms with E-state index in [0.717, 1.165) is 6.61 Å². The van der Waals surface area contributed by atoms with Crippen molar-refractivity contribution in [1.82, 2.24) is 4.57 Å². The van der Waals surface area contributed by atoms with Gasteiger partial charge >= 0.3 is 0 Å². The van der Waals surface area contributed by atoms with Crippen molar-refractivity contribution in [1.29, 1.82) is 0 Å². The third-order valence-corrected chi connectivity index (χ3v) is 2.51. The predicted octanol–water partition coefficient (Wildman–Crippen LogP) is 2.71. The van der Waals surface area contributed by atoms with E-state index in [9.17, 15) is 0 Å². The van der Waals surface area contributed by atoms with Gasteiger partial charge in [-0.25, -0.2) is 0 Å². The summed E-state index contributed by atoms with van der Waals surface area (Å²) in [5, 5.41) is 1.28. The minimum Gasteiger partial charge on any atom is -0.376 e. The molecule has 14 heavy (non-hydrogen) atoms. The molecule has 0 radical (unpaired) electrons. The van der Waals surface area contributed by atoms with E-state index in [2.05, 4.69) is 41.9 Å². The third kappa shape index (κ3) is 1.53. The number of rotatable bonds is 3. The van der Waals surface area contributed by atoms with Crippen molar-refractivity contribution in [2.24, 2.45) is 7.05 Å². The summed E-state index contributed by atoms with van der Waals surface area (Å²) in [7, 11) is 2.08. The van der Waals surface area contributed by atoms with Crippen LogP contribution in [-0.2, 0) is 18.4 Å². The molecule has 1 heterocycles. The molecule has 1 aromatic carbocycles. The van der Waals surface area contributed by atoms with Gasteiger partial charge in [0.05, 0.1) is 6.61 Å². The van der Waals surface area contributed by atoms with E-state index in [-0.39, 0.29) is 0 Å². The number of hydrogen-bond donors (Lipinski definition) is 0. The Morgan fingerprint density at radius 3 is 2.79 bits per heavy atom. The Morgan fingerprint density at radius 1 is 1.29 bits per heavy atom. The van der Waals surface area contributed by atoms with Crippen LogP contribution in [0.25, 0.3) is 10.9 Å². The van der Waals surface area contributed by atoms with Gasteiger partial charge in [-0.1, -0.05) is 18.2 Å². The molecule has 0 bridgehead atoms. The van der Waals surface area contributed by atoms with Crippen LogP contribution >= 0.6 is 0 Å². The molecule has 0 saturated carbocycles. The molecular weight excluding hydrogens is 174 g/mol. The highest BCUT2D eigenvalue weighted by molar-refractivity contribution is 5.81. The Morgan fingerprint density at radius 2 is 2.07 bits per heavy atom. The van der Waals surface area contributed by atoms with E-state index in [0.29, 0.717) is 6.61 Å². The van der Waals surface area contributed by atoms with Gasteiger partial charge in [0.25, 0.3) is 0 Å². The van der Waals surface area contributed by atoms with Crippen LogP contribution in [0.1, 0.15) is 12.6 Å². The van der Waals surface area contributed by atoms with Crippen LogP contribution in [0.4, 0.5) is 0 Å². The van der Waals surface area contributed by atoms with Gasteiger partial charge in [0.1, 0.15) is 0 Å². The van der Waals surface area contributed by atoms with Crippen molar-refractivity contribution in [3.63, 3.8) is 0 Å². The van der Waals surface area contributed by atoms with Gasteiger partial charge in [-0.2, -0.15) is 0 Å². The fourth-order valence-electron chi connectivity index (χ4n) is 1.69. The van der Waals surface area contributed by atoms with Crippen LogP contribution in [-0.4, -0.2) is 11.2 Å². The fraction of sp³-hybridized carbons (Fsp3) is 0.333. The summed E-state index contributed by atoms with van der Waals surface area (Å²) in [5.74, 6) is 0. The first-order valence-corrected chi connectivity index (χ1v) is 4.94. The highest BCUT2D eigenvalue weighted by Gasteiger charge is 2.03. The smallest absolute Gasteiger partial charge is 0.0867 e. The molecule has 2 nitrogen and oxygen atoms in total. The van der Waals surface area contributed by atoms with Crippen LogP contribution in [0, 0.1) is 0 Å². The number of nitrogens with zero attached hydrogens (tertiary/aromatic N) is 1. The average molecular weight is 189 g/mol. The topological polar surface area (TPSA) is 14.2 Å². The zero-order valence-electron chi connectivity index (χ0n) is 8.66. The second kappa shape index (κ2) is 3.84. The summed E-state index contributed by atoms with van der Waals surface area (Å²) in [5.41, 5.74) is 2.50. The van der Waals surface area contributed by atoms with Crippen molar-refractivity contribution in [3.05, 3.63) is 36.0 Å². The normalized spacial score (nSPS) is 11.0. The molecule has 0 amide bonds. The van der Waals surface area contributed by atoms with E-state index in [1.165, 1.54) is 16.6 Å². The first kappa shape index (κ1) is 9.28. The summed E-state index contributed by atoms with van der Waals surface area (Å²) in [6, 6.07) is 10.6. The largest absolute Gasteiger partial charge is 0.376 e. The zero-order chi connectivity index (χ0) is 9.97. The number of fused-ring (bicyclic) bond motifs is 1. The monoisotopic (exact) mass is 189 g/mol. The molecule has 0 aliphatic heterocycles. The quantitative estimate of drug-likeness (QED) is 0.724. The molecule has 1 aromatic heterocycles. The second-order valence-corrected chi connectivity index (χ2v) is 3.39. The molecule has 74 valence electrons. The van der Waals surface area contributed by atoms with Gasteiger partial charge in [0.2, 0.25) is 0 Å². The minimum atomic E-state index is 0.696. The molecule has 0 aliphatic carbocycles. The second-order valence-electron chi connectivity index (χ2n) is 3.39. The third-order valence-electron chi connectivity index (χ3n) is 2.51. The lowest BCUT2D eigenvalue weighted by molar-refractivity contribution is 0.129. The average Bonchev–Trinajstić information content (AvgIpc) is 2.54. The standard InChI is InChI=1S/C12H15NO/c1-3-14-9-11-8-10-6-4-5-7-12(10)13(11)2/h4-8H,3,9H2,1-2H3. The summed E-state index contributed by atoms with van der Waals surface area (Å²) in [4.78, 5) is 0. The van der Waals surface area contributed by atoms with Gasteiger partial charge in [-0.05, 0) is 24.4 Å². The Hall–Kier alpha value is -1.28. The summed E-state index contributed by atoms with van der Waals surface area (Å²) in [6.07, 6.45) is 0. The van der Waals surface area contributed by atoms with Crippen LogP contribution in [0.15, 0.2) is 30.3 Å². The van der Waals surface area contributed by atoms with E-state index < -0.39 is 0 Å². The van der Waals surface area contributed by atoms with Crippen molar-refractivity contribution in [2.75, 3.05) is 6.61 Å². The molecule has 0 unspecified atom stereocenters. The fourth-order valence-corrected chi connectivity index (χ4v) is 1.69. The maximum atomic E-state index is 5.41. The first-order valence-electron chi connectivity index (χ1n) is 4.94. The van der Waals surface area contributed by atoms with Crippen LogP contribution in [0.2, 0.25) is 0 Å². The Labute approximate surface area is 84.1 Å². The Balaban J connectivity index is 2.41. The Kier molecular flexibility index (Phi) is 2.55. The highest BCUT2D eigenvalue weighted by atomic mass is 16.5. The summed E-state index contributed by atoms with van der Waals surface area (Å²) < 4.78 is 7.59. The number of benzene rings is 1. The van der Waals surface area contributed by atoms with Gasteiger partial charge < -0.3 is 9.30 Å². The molecule has 0 saturated heterocycles. The molecule has 2 aromatic rings. The number of hydrogen-bond acceptors (Lipinski definition) is 1. The molecular formula is C12H15NO. The van der Waals surface area contributed by atoms with Crippen LogP contribution in [0.5, 0.6) is 0 Å². The molecule has 0 aliphatic rings. The molecule has 0 fully saturated rings. The highest BCUT2D eigenvalue weighted by Crippen LogP contribution is 2.18. The lowest BCUT2D eigenvalue weighted by atomic mass is 10.2. The predicted molar refractivity (Wildman–Crippen MR) is 58.2 cm³/mol. The van der Waals surface area contributed by atoms with Crippen LogP contribution < -0.4 is 0 Å². The van der Waals surface area contributed by atoms with Gasteiger partial charge in [0, 0.05) is 24.9 Å². The van der Waals surface area contributed by atoms with E-state index in [4.69, 9.17) is 4.74 Å². The van der Waals surface area contributed by atoms with Crippen molar-refractivity contribution in [3.8, 4) is 0 Å². The van der Waals surface area contributed by atoms with E-state index in [1.807, 2.05) is 6.92 Å². The Bertz CT molecular complexity index is 431. The maximum absolute atomic E-state index is 5.41. The summed E-state index contributed by atoms with van der Waals surface area (Å²) >= 11 is 0. The number of para-hydroxylation sites is 1. The molecule has 2 heteroatoms.